The Labute approximate surface area is 172 Å². The molecule has 1 aromatic heterocycles. The van der Waals surface area contributed by atoms with Gasteiger partial charge in [0, 0.05) is 36.9 Å². The summed E-state index contributed by atoms with van der Waals surface area (Å²) in [6.45, 7) is 2.17. The van der Waals surface area contributed by atoms with Crippen LogP contribution in [0, 0.1) is 0 Å². The van der Waals surface area contributed by atoms with Gasteiger partial charge in [0.15, 0.2) is 12.3 Å². The third kappa shape index (κ3) is 4.46. The van der Waals surface area contributed by atoms with E-state index < -0.39 is 5.97 Å². The average Bonchev–Trinajstić information content (AvgIpc) is 2.77. The molecule has 7 nitrogen and oxygen atoms in total. The minimum absolute atomic E-state index is 0.0854. The highest BCUT2D eigenvalue weighted by Crippen LogP contribution is 2.20. The number of anilines is 1. The second-order valence-corrected chi connectivity index (χ2v) is 7.10. The van der Waals surface area contributed by atoms with Gasteiger partial charge in [-0.15, -0.1) is 0 Å². The van der Waals surface area contributed by atoms with Crippen LogP contribution in [-0.2, 0) is 9.53 Å². The lowest BCUT2D eigenvalue weighted by Crippen LogP contribution is -2.49. The number of nitrogens with zero attached hydrogens (tertiary/aromatic N) is 4. The van der Waals surface area contributed by atoms with E-state index in [-0.39, 0.29) is 18.2 Å². The molecular weight excluding hydrogens is 392 g/mol. The molecule has 1 fully saturated rings. The van der Waals surface area contributed by atoms with E-state index in [9.17, 15) is 9.59 Å². The number of carbonyl (C=O) groups excluding carboxylic acids is 2. The van der Waals surface area contributed by atoms with Crippen molar-refractivity contribution in [3.63, 3.8) is 0 Å². The van der Waals surface area contributed by atoms with Crippen LogP contribution in [0.2, 0.25) is 5.02 Å². The number of esters is 1. The quantitative estimate of drug-likeness (QED) is 0.616. The Kier molecular flexibility index (Phi) is 5.57. The maximum absolute atomic E-state index is 12.4. The summed E-state index contributed by atoms with van der Waals surface area (Å²) in [5.41, 5.74) is 2.41. The van der Waals surface area contributed by atoms with Gasteiger partial charge in [-0.25, -0.2) is 9.78 Å². The molecule has 148 valence electrons. The third-order valence-corrected chi connectivity index (χ3v) is 5.03. The van der Waals surface area contributed by atoms with Gasteiger partial charge in [-0.05, 0) is 30.3 Å². The molecular formula is C21H19ClN4O3. The first-order chi connectivity index (χ1) is 14.1. The summed E-state index contributed by atoms with van der Waals surface area (Å²) in [6, 6.07) is 14.9. The normalized spacial score (nSPS) is 14.1. The number of fused-ring (bicyclic) bond motifs is 1. The van der Waals surface area contributed by atoms with Gasteiger partial charge in [-0.1, -0.05) is 29.8 Å². The van der Waals surface area contributed by atoms with Crippen molar-refractivity contribution in [1.29, 1.82) is 0 Å². The fourth-order valence-electron chi connectivity index (χ4n) is 3.23. The molecule has 0 spiro atoms. The number of ether oxygens (including phenoxy) is 1. The van der Waals surface area contributed by atoms with Crippen LogP contribution in [0.1, 0.15) is 10.5 Å². The molecule has 2 heterocycles. The molecule has 1 aliphatic heterocycles. The number of hydrogen-bond donors (Lipinski definition) is 0. The summed E-state index contributed by atoms with van der Waals surface area (Å²) < 4.78 is 5.16. The van der Waals surface area contributed by atoms with Crippen molar-refractivity contribution in [2.45, 2.75) is 0 Å². The van der Waals surface area contributed by atoms with Gasteiger partial charge in [0.25, 0.3) is 5.91 Å². The Balaban J connectivity index is 1.30. The van der Waals surface area contributed by atoms with Gasteiger partial charge in [0.05, 0.1) is 17.2 Å². The maximum Gasteiger partial charge on any atom is 0.359 e. The lowest BCUT2D eigenvalue weighted by Gasteiger charge is -2.36. The zero-order chi connectivity index (χ0) is 20.2. The van der Waals surface area contributed by atoms with Crippen LogP contribution in [-0.4, -0.2) is 59.5 Å². The standard InChI is InChI=1S/C21H19ClN4O3/c22-15-4-3-5-16(12-15)25-8-10-26(11-9-25)20(27)14-29-21(28)19-13-23-17-6-1-2-7-18(17)24-19/h1-7,12-13H,8-11,14H2. The topological polar surface area (TPSA) is 75.6 Å². The van der Waals surface area contributed by atoms with Gasteiger partial charge >= 0.3 is 5.97 Å². The molecule has 0 radical (unpaired) electrons. The molecule has 1 aliphatic rings. The van der Waals surface area contributed by atoms with Crippen molar-refractivity contribution in [1.82, 2.24) is 14.9 Å². The van der Waals surface area contributed by atoms with E-state index in [1.165, 1.54) is 6.20 Å². The minimum atomic E-state index is -0.658. The second-order valence-electron chi connectivity index (χ2n) is 6.67. The number of carbonyl (C=O) groups is 2. The van der Waals surface area contributed by atoms with Crippen LogP contribution in [0.4, 0.5) is 5.69 Å². The van der Waals surface area contributed by atoms with Crippen LogP contribution in [0.15, 0.2) is 54.7 Å². The van der Waals surface area contributed by atoms with E-state index in [1.54, 1.807) is 11.0 Å². The first-order valence-corrected chi connectivity index (χ1v) is 9.65. The number of benzene rings is 2. The highest BCUT2D eigenvalue weighted by molar-refractivity contribution is 6.30. The van der Waals surface area contributed by atoms with Crippen molar-refractivity contribution >= 4 is 40.2 Å². The van der Waals surface area contributed by atoms with Crippen LogP contribution in [0.3, 0.4) is 0 Å². The molecule has 0 atom stereocenters. The van der Waals surface area contributed by atoms with E-state index in [4.69, 9.17) is 16.3 Å². The van der Waals surface area contributed by atoms with Crippen molar-refractivity contribution in [2.75, 3.05) is 37.7 Å². The summed E-state index contributed by atoms with van der Waals surface area (Å²) in [7, 11) is 0. The molecule has 8 heteroatoms. The van der Waals surface area contributed by atoms with Gasteiger partial charge in [0.2, 0.25) is 0 Å². The molecule has 2 aromatic carbocycles. The Hall–Kier alpha value is -3.19. The van der Waals surface area contributed by atoms with Crippen molar-refractivity contribution in [3.05, 3.63) is 65.4 Å². The Morgan fingerprint density at radius 1 is 1.00 bits per heavy atom. The fourth-order valence-corrected chi connectivity index (χ4v) is 3.42. The first-order valence-electron chi connectivity index (χ1n) is 9.27. The number of piperazine rings is 1. The van der Waals surface area contributed by atoms with Gasteiger partial charge in [-0.2, -0.15) is 0 Å². The molecule has 0 saturated carbocycles. The molecule has 1 saturated heterocycles. The number of hydrogen-bond acceptors (Lipinski definition) is 6. The predicted octanol–water partition coefficient (Wildman–Crippen LogP) is 2.79. The smallest absolute Gasteiger partial charge is 0.359 e. The van der Waals surface area contributed by atoms with Crippen LogP contribution in [0.25, 0.3) is 11.0 Å². The Bertz CT molecular complexity index is 1050. The third-order valence-electron chi connectivity index (χ3n) is 4.79. The van der Waals surface area contributed by atoms with E-state index in [0.29, 0.717) is 42.2 Å². The summed E-state index contributed by atoms with van der Waals surface area (Å²) >= 11 is 6.05. The number of rotatable bonds is 4. The van der Waals surface area contributed by atoms with Gasteiger partial charge < -0.3 is 14.5 Å². The van der Waals surface area contributed by atoms with E-state index in [2.05, 4.69) is 14.9 Å². The van der Waals surface area contributed by atoms with Crippen molar-refractivity contribution in [2.24, 2.45) is 0 Å². The molecule has 1 amide bonds. The van der Waals surface area contributed by atoms with E-state index >= 15 is 0 Å². The highest BCUT2D eigenvalue weighted by Gasteiger charge is 2.23. The van der Waals surface area contributed by atoms with Crippen LogP contribution in [0.5, 0.6) is 0 Å². The number of halogens is 1. The average molecular weight is 411 g/mol. The summed E-state index contributed by atoms with van der Waals surface area (Å²) in [5.74, 6) is -0.882. The number of amides is 1. The second kappa shape index (κ2) is 8.45. The monoisotopic (exact) mass is 410 g/mol. The van der Waals surface area contributed by atoms with Crippen molar-refractivity contribution < 1.29 is 14.3 Å². The molecule has 0 aliphatic carbocycles. The Morgan fingerprint density at radius 3 is 2.52 bits per heavy atom. The largest absolute Gasteiger partial charge is 0.451 e. The predicted molar refractivity (Wildman–Crippen MR) is 110 cm³/mol. The first kappa shape index (κ1) is 19.1. The summed E-state index contributed by atoms with van der Waals surface area (Å²) in [5, 5.41) is 0.685. The van der Waals surface area contributed by atoms with E-state index in [0.717, 1.165) is 5.69 Å². The highest BCUT2D eigenvalue weighted by atomic mass is 35.5. The van der Waals surface area contributed by atoms with Crippen LogP contribution >= 0.6 is 11.6 Å². The molecule has 4 rings (SSSR count). The zero-order valence-electron chi connectivity index (χ0n) is 15.6. The van der Waals surface area contributed by atoms with Gasteiger partial charge in [-0.3, -0.25) is 9.78 Å². The zero-order valence-corrected chi connectivity index (χ0v) is 16.4. The number of aromatic nitrogens is 2. The molecule has 0 N–H and O–H groups in total. The lowest BCUT2D eigenvalue weighted by molar-refractivity contribution is -0.134. The molecule has 29 heavy (non-hydrogen) atoms. The Morgan fingerprint density at radius 2 is 1.76 bits per heavy atom. The fraction of sp³-hybridized carbons (Fsp3) is 0.238. The van der Waals surface area contributed by atoms with E-state index in [1.807, 2.05) is 42.5 Å². The summed E-state index contributed by atoms with van der Waals surface area (Å²) in [6.07, 6.45) is 1.36. The molecule has 0 unspecified atom stereocenters. The SMILES string of the molecule is O=C(OCC(=O)N1CCN(c2cccc(Cl)c2)CC1)c1cnc2ccccc2n1. The molecule has 3 aromatic rings. The molecule has 0 bridgehead atoms. The maximum atomic E-state index is 12.4. The van der Waals surface area contributed by atoms with Gasteiger partial charge in [0.1, 0.15) is 0 Å². The van der Waals surface area contributed by atoms with Crippen LogP contribution < -0.4 is 4.90 Å². The number of para-hydroxylation sites is 2. The van der Waals surface area contributed by atoms with Crippen molar-refractivity contribution in [3.8, 4) is 0 Å². The summed E-state index contributed by atoms with van der Waals surface area (Å²) in [4.78, 5) is 36.9. The lowest BCUT2D eigenvalue weighted by atomic mass is 10.2. The minimum Gasteiger partial charge on any atom is -0.451 e.